The van der Waals surface area contributed by atoms with Gasteiger partial charge in [0.25, 0.3) is 0 Å². The number of hydrogen-bond acceptors (Lipinski definition) is 6. The number of aromatic nitrogens is 2. The second-order valence-electron chi connectivity index (χ2n) is 11.2. The van der Waals surface area contributed by atoms with Gasteiger partial charge in [0.05, 0.1) is 28.8 Å². The largest absolute Gasteiger partial charge is 0.368 e. The van der Waals surface area contributed by atoms with Crippen LogP contribution in [0.15, 0.2) is 113 Å². The van der Waals surface area contributed by atoms with Crippen molar-refractivity contribution in [2.24, 2.45) is 9.98 Å². The third-order valence-corrected chi connectivity index (χ3v) is 8.59. The maximum Gasteiger partial charge on any atom is 0.179 e. The van der Waals surface area contributed by atoms with Gasteiger partial charge in [0.2, 0.25) is 0 Å². The maximum absolute atomic E-state index is 15.8. The van der Waals surface area contributed by atoms with E-state index in [1.165, 1.54) is 18.2 Å². The van der Waals surface area contributed by atoms with Crippen molar-refractivity contribution in [1.29, 1.82) is 0 Å². The number of aliphatic imine (C=N–C) groups is 2. The van der Waals surface area contributed by atoms with Crippen LogP contribution < -0.4 is 9.80 Å². The molecule has 1 atom stereocenters. The van der Waals surface area contributed by atoms with E-state index in [0.717, 1.165) is 52.9 Å². The number of benzene rings is 4. The Hall–Kier alpha value is -5.31. The summed E-state index contributed by atoms with van der Waals surface area (Å²) in [5.74, 6) is 1.55. The first-order valence-electron chi connectivity index (χ1n) is 14.8. The zero-order chi connectivity index (χ0) is 29.8. The van der Waals surface area contributed by atoms with Crippen LogP contribution in [0.3, 0.4) is 0 Å². The number of piperazine rings is 1. The number of aryl methyl sites for hydroxylation is 1. The molecule has 0 aliphatic carbocycles. The van der Waals surface area contributed by atoms with Crippen molar-refractivity contribution in [2.75, 3.05) is 36.0 Å². The molecular weight excluding hydrogens is 556 g/mol. The van der Waals surface area contributed by atoms with E-state index in [1.54, 1.807) is 6.07 Å². The van der Waals surface area contributed by atoms with Crippen molar-refractivity contribution >= 4 is 34.6 Å². The number of para-hydroxylation sites is 3. The number of amidine groups is 2. The molecule has 44 heavy (non-hydrogen) atoms. The molecule has 0 bridgehead atoms. The van der Waals surface area contributed by atoms with Gasteiger partial charge >= 0.3 is 0 Å². The van der Waals surface area contributed by atoms with Crippen molar-refractivity contribution in [3.63, 3.8) is 0 Å². The van der Waals surface area contributed by atoms with Crippen LogP contribution in [0.4, 0.5) is 31.7 Å². The van der Waals surface area contributed by atoms with Gasteiger partial charge in [-0.3, -0.25) is 0 Å². The van der Waals surface area contributed by atoms with Gasteiger partial charge in [0.15, 0.2) is 17.5 Å². The Kier molecular flexibility index (Phi) is 6.25. The molecule has 0 amide bonds. The molecular formula is C35H29F2N7. The topological polar surface area (TPSA) is 52.3 Å². The first kappa shape index (κ1) is 26.3. The number of fused-ring (bicyclic) bond motifs is 4. The van der Waals surface area contributed by atoms with Gasteiger partial charge in [-0.05, 0) is 61.5 Å². The van der Waals surface area contributed by atoms with E-state index in [2.05, 4.69) is 14.7 Å². The summed E-state index contributed by atoms with van der Waals surface area (Å²) in [6.07, 6.45) is 0. The third-order valence-electron chi connectivity index (χ3n) is 8.59. The van der Waals surface area contributed by atoms with Gasteiger partial charge in [-0.15, -0.1) is 0 Å². The van der Waals surface area contributed by atoms with E-state index < -0.39 is 6.04 Å². The molecule has 4 heterocycles. The molecule has 0 unspecified atom stereocenters. The highest BCUT2D eigenvalue weighted by atomic mass is 19.1. The molecule has 7 nitrogen and oxygen atoms in total. The van der Waals surface area contributed by atoms with Gasteiger partial charge in [0.1, 0.15) is 11.6 Å². The lowest BCUT2D eigenvalue weighted by Crippen LogP contribution is -2.55. The molecule has 4 aromatic carbocycles. The number of anilines is 2. The quantitative estimate of drug-likeness (QED) is 0.230. The second-order valence-corrected chi connectivity index (χ2v) is 11.2. The number of halogens is 2. The van der Waals surface area contributed by atoms with Crippen molar-refractivity contribution in [1.82, 2.24) is 14.7 Å². The summed E-state index contributed by atoms with van der Waals surface area (Å²) in [5, 5.41) is 4.94. The summed E-state index contributed by atoms with van der Waals surface area (Å²) < 4.78 is 31.2. The molecule has 218 valence electrons. The molecule has 0 spiro atoms. The van der Waals surface area contributed by atoms with Crippen LogP contribution in [0.2, 0.25) is 0 Å². The van der Waals surface area contributed by atoms with E-state index >= 15 is 4.39 Å². The summed E-state index contributed by atoms with van der Waals surface area (Å²) in [5.41, 5.74) is 5.74. The monoisotopic (exact) mass is 585 g/mol. The lowest BCUT2D eigenvalue weighted by molar-refractivity contribution is 0.389. The Labute approximate surface area is 254 Å². The molecule has 0 radical (unpaired) electrons. The predicted octanol–water partition coefficient (Wildman–Crippen LogP) is 6.96. The van der Waals surface area contributed by atoms with Crippen molar-refractivity contribution < 1.29 is 8.78 Å². The molecule has 1 aromatic heterocycles. The maximum atomic E-state index is 15.8. The van der Waals surface area contributed by atoms with Crippen molar-refractivity contribution in [2.45, 2.75) is 13.0 Å². The average Bonchev–Trinajstić information content (AvgIpc) is 3.40. The SMILES string of the molecule is Cc1nn(-c2ccccc2)c2c1[C@@H](c1ccccc1F)N1C(=N2)C(N2CCN(c3ccc(F)cc3)CC2)=Nc2ccccc21. The highest BCUT2D eigenvalue weighted by Crippen LogP contribution is 2.48. The minimum absolute atomic E-state index is 0.244. The van der Waals surface area contributed by atoms with Gasteiger partial charge in [0, 0.05) is 43.0 Å². The van der Waals surface area contributed by atoms with E-state index in [1.807, 2.05) is 90.5 Å². The van der Waals surface area contributed by atoms with Crippen LogP contribution in [0.25, 0.3) is 5.69 Å². The first-order chi connectivity index (χ1) is 21.6. The van der Waals surface area contributed by atoms with Gasteiger partial charge < -0.3 is 14.7 Å². The lowest BCUT2D eigenvalue weighted by atomic mass is 9.93. The smallest absolute Gasteiger partial charge is 0.179 e. The number of rotatable bonds is 3. The minimum Gasteiger partial charge on any atom is -0.368 e. The number of nitrogens with zero attached hydrogens (tertiary/aromatic N) is 7. The Bertz CT molecular complexity index is 1920. The minimum atomic E-state index is -0.511. The molecule has 3 aliphatic rings. The molecule has 5 aromatic rings. The predicted molar refractivity (Wildman–Crippen MR) is 170 cm³/mol. The van der Waals surface area contributed by atoms with E-state index in [-0.39, 0.29) is 11.6 Å². The average molecular weight is 586 g/mol. The van der Waals surface area contributed by atoms with E-state index in [0.29, 0.717) is 30.3 Å². The number of hydrogen-bond donors (Lipinski definition) is 0. The van der Waals surface area contributed by atoms with Crippen LogP contribution in [0.5, 0.6) is 0 Å². The summed E-state index contributed by atoms with van der Waals surface area (Å²) in [6, 6.07) is 30.9. The van der Waals surface area contributed by atoms with Crippen LogP contribution in [0.1, 0.15) is 22.9 Å². The molecule has 8 rings (SSSR count). The second kappa shape index (κ2) is 10.4. The van der Waals surface area contributed by atoms with Crippen molar-refractivity contribution in [3.05, 3.63) is 132 Å². The molecule has 0 saturated carbocycles. The Morgan fingerprint density at radius 1 is 0.659 bits per heavy atom. The van der Waals surface area contributed by atoms with Crippen LogP contribution in [0, 0.1) is 18.6 Å². The Balaban J connectivity index is 1.28. The first-order valence-corrected chi connectivity index (χ1v) is 14.8. The van der Waals surface area contributed by atoms with Gasteiger partial charge in [-0.1, -0.05) is 48.5 Å². The fourth-order valence-corrected chi connectivity index (χ4v) is 6.48. The van der Waals surface area contributed by atoms with Gasteiger partial charge in [-0.2, -0.15) is 5.10 Å². The fraction of sp³-hybridized carbons (Fsp3) is 0.171. The highest BCUT2D eigenvalue weighted by molar-refractivity contribution is 6.48. The molecule has 3 aliphatic heterocycles. The van der Waals surface area contributed by atoms with Crippen LogP contribution in [-0.4, -0.2) is 52.5 Å². The summed E-state index contributed by atoms with van der Waals surface area (Å²) in [6.45, 7) is 4.83. The van der Waals surface area contributed by atoms with Crippen LogP contribution >= 0.6 is 0 Å². The normalized spacial score (nSPS) is 17.4. The highest BCUT2D eigenvalue weighted by Gasteiger charge is 2.43. The fourth-order valence-electron chi connectivity index (χ4n) is 6.48. The lowest BCUT2D eigenvalue weighted by Gasteiger charge is -2.44. The van der Waals surface area contributed by atoms with Crippen LogP contribution in [-0.2, 0) is 0 Å². The Morgan fingerprint density at radius 3 is 2.11 bits per heavy atom. The summed E-state index contributed by atoms with van der Waals surface area (Å²) in [4.78, 5) is 17.1. The zero-order valence-electron chi connectivity index (χ0n) is 24.1. The standard InChI is InChI=1S/C35H29F2N7/c1-23-31-32(27-11-5-6-12-28(27)37)43-30-14-8-7-13-29(30)38-34(35(43)39-33(31)44(40-23)26-9-3-2-4-10-26)42-21-19-41(20-22-42)25-17-15-24(36)16-18-25/h2-18,32H,19-22H2,1H3/t32-/m1/s1. The summed E-state index contributed by atoms with van der Waals surface area (Å²) >= 11 is 0. The molecule has 1 saturated heterocycles. The Morgan fingerprint density at radius 2 is 1.34 bits per heavy atom. The molecule has 0 N–H and O–H groups in total. The molecule has 1 fully saturated rings. The third kappa shape index (κ3) is 4.26. The van der Waals surface area contributed by atoms with E-state index in [4.69, 9.17) is 15.1 Å². The van der Waals surface area contributed by atoms with E-state index in [9.17, 15) is 4.39 Å². The zero-order valence-corrected chi connectivity index (χ0v) is 24.1. The van der Waals surface area contributed by atoms with Gasteiger partial charge in [-0.25, -0.2) is 23.4 Å². The molecule has 9 heteroatoms. The summed E-state index contributed by atoms with van der Waals surface area (Å²) in [7, 11) is 0. The van der Waals surface area contributed by atoms with Crippen molar-refractivity contribution in [3.8, 4) is 5.69 Å².